The molecule has 0 spiro atoms. The third-order valence-electron chi connectivity index (χ3n) is 3.96. The summed E-state index contributed by atoms with van der Waals surface area (Å²) in [6.45, 7) is 4.25. The molecule has 0 aromatic carbocycles. The third kappa shape index (κ3) is 1.02. The highest BCUT2D eigenvalue weighted by molar-refractivity contribution is 5.22. The predicted octanol–water partition coefficient (Wildman–Crippen LogP) is 1.74. The van der Waals surface area contributed by atoms with Gasteiger partial charge in [-0.25, -0.2) is 0 Å². The van der Waals surface area contributed by atoms with E-state index in [2.05, 4.69) is 26.0 Å². The van der Waals surface area contributed by atoms with E-state index in [1.807, 2.05) is 0 Å². The van der Waals surface area contributed by atoms with Crippen LogP contribution in [0.5, 0.6) is 0 Å². The van der Waals surface area contributed by atoms with Crippen LogP contribution in [0, 0.1) is 11.3 Å². The quantitative estimate of drug-likeness (QED) is 0.626. The lowest BCUT2D eigenvalue weighted by Crippen LogP contribution is -2.59. The fourth-order valence-electron chi connectivity index (χ4n) is 2.80. The summed E-state index contributed by atoms with van der Waals surface area (Å²) < 4.78 is 5.48. The standard InChI is InChI=1S/C11H18O2/c1-10(2)8-4-6-11(13-3,7-5-8)9(10)12/h4,6,8-9,12H,5,7H2,1-3H3. The highest BCUT2D eigenvalue weighted by Gasteiger charge is 2.54. The van der Waals surface area contributed by atoms with Crippen molar-refractivity contribution in [2.45, 2.75) is 38.4 Å². The summed E-state index contributed by atoms with van der Waals surface area (Å²) in [6, 6.07) is 0. The van der Waals surface area contributed by atoms with Crippen LogP contribution >= 0.6 is 0 Å². The van der Waals surface area contributed by atoms with Crippen LogP contribution < -0.4 is 0 Å². The van der Waals surface area contributed by atoms with Crippen LogP contribution in [0.3, 0.4) is 0 Å². The van der Waals surface area contributed by atoms with Gasteiger partial charge in [0.2, 0.25) is 0 Å². The van der Waals surface area contributed by atoms with E-state index in [0.29, 0.717) is 5.92 Å². The van der Waals surface area contributed by atoms with Crippen LogP contribution in [0.4, 0.5) is 0 Å². The Morgan fingerprint density at radius 1 is 1.46 bits per heavy atom. The second-order valence-corrected chi connectivity index (χ2v) is 4.89. The summed E-state index contributed by atoms with van der Waals surface area (Å²) in [4.78, 5) is 0. The number of aliphatic hydroxyl groups excluding tert-OH is 1. The zero-order valence-electron chi connectivity index (χ0n) is 8.58. The molecule has 1 N–H and O–H groups in total. The monoisotopic (exact) mass is 182 g/mol. The Morgan fingerprint density at radius 3 is 2.54 bits per heavy atom. The summed E-state index contributed by atoms with van der Waals surface area (Å²) in [5.41, 5.74) is -0.443. The summed E-state index contributed by atoms with van der Waals surface area (Å²) in [5, 5.41) is 10.2. The van der Waals surface area contributed by atoms with Crippen molar-refractivity contribution < 1.29 is 9.84 Å². The summed E-state index contributed by atoms with van der Waals surface area (Å²) in [6.07, 6.45) is 5.98. The Balaban J connectivity index is 2.41. The van der Waals surface area contributed by atoms with Crippen molar-refractivity contribution in [3.63, 3.8) is 0 Å². The zero-order chi connectivity index (χ0) is 9.69. The van der Waals surface area contributed by atoms with Crippen molar-refractivity contribution in [1.82, 2.24) is 0 Å². The first kappa shape index (κ1) is 9.22. The Hall–Kier alpha value is -0.340. The molecule has 0 saturated heterocycles. The first-order valence-corrected chi connectivity index (χ1v) is 4.95. The van der Waals surface area contributed by atoms with Crippen LogP contribution in [-0.2, 0) is 4.74 Å². The van der Waals surface area contributed by atoms with Crippen LogP contribution in [0.1, 0.15) is 26.7 Å². The van der Waals surface area contributed by atoms with Gasteiger partial charge in [0.1, 0.15) is 5.60 Å². The Labute approximate surface area is 79.6 Å². The van der Waals surface area contributed by atoms with Gasteiger partial charge in [0.25, 0.3) is 0 Å². The lowest BCUT2D eigenvalue weighted by Gasteiger charge is -2.54. The molecular formula is C11H18O2. The summed E-state index contributed by atoms with van der Waals surface area (Å²) in [5.74, 6) is 0.513. The van der Waals surface area contributed by atoms with Crippen molar-refractivity contribution >= 4 is 0 Å². The first-order chi connectivity index (χ1) is 6.03. The molecule has 3 aliphatic carbocycles. The molecule has 1 fully saturated rings. The van der Waals surface area contributed by atoms with E-state index in [9.17, 15) is 5.11 Å². The summed E-state index contributed by atoms with van der Waals surface area (Å²) >= 11 is 0. The molecule has 3 aliphatic rings. The van der Waals surface area contributed by atoms with Crippen LogP contribution in [-0.4, -0.2) is 23.9 Å². The minimum atomic E-state index is -0.405. The van der Waals surface area contributed by atoms with Crippen LogP contribution in [0.2, 0.25) is 0 Å². The minimum absolute atomic E-state index is 0.0387. The number of rotatable bonds is 1. The van der Waals surface area contributed by atoms with Gasteiger partial charge in [-0.05, 0) is 18.8 Å². The Bertz CT molecular complexity index is 244. The molecule has 2 nitrogen and oxygen atoms in total. The molecule has 3 rings (SSSR count). The number of fused-ring (bicyclic) bond motifs is 2. The molecule has 2 bridgehead atoms. The molecule has 0 aromatic heterocycles. The van der Waals surface area contributed by atoms with Crippen molar-refractivity contribution in [3.8, 4) is 0 Å². The molecule has 0 amide bonds. The molecule has 3 unspecified atom stereocenters. The van der Waals surface area contributed by atoms with Gasteiger partial charge in [-0.3, -0.25) is 0 Å². The zero-order valence-corrected chi connectivity index (χ0v) is 8.58. The molecule has 0 heterocycles. The SMILES string of the molecule is COC12C=CC(CC1)C(C)(C)C2O. The lowest BCUT2D eigenvalue weighted by atomic mass is 9.57. The van der Waals surface area contributed by atoms with Gasteiger partial charge >= 0.3 is 0 Å². The van der Waals surface area contributed by atoms with Crippen molar-refractivity contribution in [3.05, 3.63) is 12.2 Å². The number of ether oxygens (including phenoxy) is 1. The fraction of sp³-hybridized carbons (Fsp3) is 0.818. The van der Waals surface area contributed by atoms with E-state index in [1.54, 1.807) is 7.11 Å². The second-order valence-electron chi connectivity index (χ2n) is 4.89. The van der Waals surface area contributed by atoms with Gasteiger partial charge in [-0.2, -0.15) is 0 Å². The van der Waals surface area contributed by atoms with E-state index in [-0.39, 0.29) is 11.5 Å². The molecule has 13 heavy (non-hydrogen) atoms. The third-order valence-corrected chi connectivity index (χ3v) is 3.96. The maximum atomic E-state index is 10.2. The van der Waals surface area contributed by atoms with E-state index in [4.69, 9.17) is 4.74 Å². The molecule has 74 valence electrons. The highest BCUT2D eigenvalue weighted by atomic mass is 16.5. The van der Waals surface area contributed by atoms with Gasteiger partial charge in [0.15, 0.2) is 0 Å². The molecule has 1 saturated carbocycles. The van der Waals surface area contributed by atoms with Crippen LogP contribution in [0.15, 0.2) is 12.2 Å². The van der Waals surface area contributed by atoms with E-state index in [1.165, 1.54) is 0 Å². The second kappa shape index (κ2) is 2.58. The fourth-order valence-corrected chi connectivity index (χ4v) is 2.80. The maximum Gasteiger partial charge on any atom is 0.112 e. The predicted molar refractivity (Wildman–Crippen MR) is 51.4 cm³/mol. The topological polar surface area (TPSA) is 29.5 Å². The van der Waals surface area contributed by atoms with Gasteiger partial charge in [-0.1, -0.05) is 26.0 Å². The normalized spacial score (nSPS) is 46.8. The minimum Gasteiger partial charge on any atom is -0.389 e. The number of hydrogen-bond acceptors (Lipinski definition) is 2. The molecule has 2 heteroatoms. The lowest BCUT2D eigenvalue weighted by molar-refractivity contribution is -0.166. The largest absolute Gasteiger partial charge is 0.389 e. The molecule has 3 atom stereocenters. The van der Waals surface area contributed by atoms with Crippen molar-refractivity contribution in [2.24, 2.45) is 11.3 Å². The molecule has 0 radical (unpaired) electrons. The average molecular weight is 182 g/mol. The van der Waals surface area contributed by atoms with E-state index >= 15 is 0 Å². The number of hydrogen-bond donors (Lipinski definition) is 1. The highest BCUT2D eigenvalue weighted by Crippen LogP contribution is 2.51. The average Bonchev–Trinajstić information content (AvgIpc) is 2.15. The Kier molecular flexibility index (Phi) is 1.83. The maximum absolute atomic E-state index is 10.2. The van der Waals surface area contributed by atoms with Gasteiger partial charge in [-0.15, -0.1) is 0 Å². The van der Waals surface area contributed by atoms with Crippen LogP contribution in [0.25, 0.3) is 0 Å². The van der Waals surface area contributed by atoms with Crippen molar-refractivity contribution in [2.75, 3.05) is 7.11 Å². The molecule has 0 aliphatic heterocycles. The van der Waals surface area contributed by atoms with E-state index in [0.717, 1.165) is 12.8 Å². The molecular weight excluding hydrogens is 164 g/mol. The number of aliphatic hydroxyl groups is 1. The first-order valence-electron chi connectivity index (χ1n) is 4.95. The van der Waals surface area contributed by atoms with Gasteiger partial charge < -0.3 is 9.84 Å². The van der Waals surface area contributed by atoms with Gasteiger partial charge in [0.05, 0.1) is 6.10 Å². The van der Waals surface area contributed by atoms with Crippen molar-refractivity contribution in [1.29, 1.82) is 0 Å². The number of allylic oxidation sites excluding steroid dienone is 1. The molecule has 0 aromatic rings. The van der Waals surface area contributed by atoms with Gasteiger partial charge in [0, 0.05) is 12.5 Å². The van der Waals surface area contributed by atoms with E-state index < -0.39 is 5.60 Å². The summed E-state index contributed by atoms with van der Waals surface area (Å²) in [7, 11) is 1.69. The smallest absolute Gasteiger partial charge is 0.112 e. The Morgan fingerprint density at radius 2 is 2.15 bits per heavy atom. The number of methoxy groups -OCH3 is 1.